The molecular weight excluding hydrogens is 399 g/mol. The first kappa shape index (κ1) is 21.9. The topological polar surface area (TPSA) is 66.5 Å². The van der Waals surface area contributed by atoms with Crippen molar-refractivity contribution in [3.8, 4) is 0 Å². The van der Waals surface area contributed by atoms with E-state index in [4.69, 9.17) is 0 Å². The van der Waals surface area contributed by atoms with Crippen LogP contribution in [0.2, 0.25) is 0 Å². The standard InChI is InChI=1S/C19H25N2O3PS2/c1-5-15(2)26-25(23,20-3)21(4)19(22)16-11-13-18(14-12-16)27(24)17-9-7-6-8-10-17/h6-15H,5H2,1-4H3,(H,20,23). The summed E-state index contributed by atoms with van der Waals surface area (Å²) in [5.74, 6) is -0.333. The minimum atomic E-state index is -3.07. The lowest BCUT2D eigenvalue weighted by Crippen LogP contribution is -2.28. The summed E-state index contributed by atoms with van der Waals surface area (Å²) in [7, 11) is 1.85. The van der Waals surface area contributed by atoms with E-state index in [1.54, 1.807) is 50.5 Å². The Kier molecular flexibility index (Phi) is 7.86. The number of carbonyl (C=O) groups excluding carboxylic acids is 1. The Balaban J connectivity index is 2.19. The Hall–Kier alpha value is -1.40. The predicted molar refractivity (Wildman–Crippen MR) is 114 cm³/mol. The number of rotatable bonds is 8. The van der Waals surface area contributed by atoms with Crippen LogP contribution in [0.1, 0.15) is 30.6 Å². The molecule has 27 heavy (non-hydrogen) atoms. The van der Waals surface area contributed by atoms with Crippen molar-refractivity contribution in [3.63, 3.8) is 0 Å². The highest BCUT2D eigenvalue weighted by atomic mass is 32.7. The summed E-state index contributed by atoms with van der Waals surface area (Å²) in [6.07, 6.45) is 0.859. The van der Waals surface area contributed by atoms with Crippen molar-refractivity contribution in [2.24, 2.45) is 0 Å². The number of hydrogen-bond donors (Lipinski definition) is 1. The van der Waals surface area contributed by atoms with Crippen LogP contribution in [0.3, 0.4) is 0 Å². The van der Waals surface area contributed by atoms with Gasteiger partial charge in [-0.2, -0.15) is 0 Å². The van der Waals surface area contributed by atoms with Crippen LogP contribution in [-0.4, -0.2) is 34.1 Å². The van der Waals surface area contributed by atoms with E-state index in [1.807, 2.05) is 32.0 Å². The fourth-order valence-electron chi connectivity index (χ4n) is 2.30. The zero-order valence-electron chi connectivity index (χ0n) is 15.9. The van der Waals surface area contributed by atoms with Crippen molar-refractivity contribution in [1.82, 2.24) is 9.76 Å². The van der Waals surface area contributed by atoms with Gasteiger partial charge in [0.25, 0.3) is 12.6 Å². The molecule has 0 aliphatic rings. The first-order chi connectivity index (χ1) is 12.8. The van der Waals surface area contributed by atoms with Gasteiger partial charge in [0.1, 0.15) is 0 Å². The second-order valence-electron chi connectivity index (χ2n) is 6.00. The Morgan fingerprint density at radius 1 is 1.15 bits per heavy atom. The molecule has 0 bridgehead atoms. The maximum atomic E-state index is 13.1. The van der Waals surface area contributed by atoms with Gasteiger partial charge in [-0.05, 0) is 49.9 Å². The highest BCUT2D eigenvalue weighted by molar-refractivity contribution is 8.57. The molecule has 0 spiro atoms. The normalized spacial score (nSPS) is 15.6. The molecule has 2 rings (SSSR count). The van der Waals surface area contributed by atoms with Crippen LogP contribution < -0.4 is 5.09 Å². The summed E-state index contributed by atoms with van der Waals surface area (Å²) < 4.78 is 27.0. The number of benzene rings is 2. The number of amides is 1. The third-order valence-electron chi connectivity index (χ3n) is 4.14. The van der Waals surface area contributed by atoms with Crippen molar-refractivity contribution in [3.05, 3.63) is 60.2 Å². The number of nitrogens with zero attached hydrogens (tertiary/aromatic N) is 1. The maximum absolute atomic E-state index is 13.1. The van der Waals surface area contributed by atoms with E-state index in [0.717, 1.165) is 6.42 Å². The average molecular weight is 425 g/mol. The van der Waals surface area contributed by atoms with Crippen LogP contribution in [0, 0.1) is 0 Å². The van der Waals surface area contributed by atoms with E-state index < -0.39 is 17.4 Å². The van der Waals surface area contributed by atoms with Gasteiger partial charge in [0.2, 0.25) is 0 Å². The quantitative estimate of drug-likeness (QED) is 0.618. The van der Waals surface area contributed by atoms with Crippen LogP contribution in [0.5, 0.6) is 0 Å². The third kappa shape index (κ3) is 5.32. The predicted octanol–water partition coefficient (Wildman–Crippen LogP) is 4.78. The Bertz CT molecular complexity index is 844. The molecule has 0 aliphatic carbocycles. The van der Waals surface area contributed by atoms with Crippen LogP contribution in [0.4, 0.5) is 0 Å². The van der Waals surface area contributed by atoms with Crippen molar-refractivity contribution in [2.45, 2.75) is 35.3 Å². The fourth-order valence-corrected chi connectivity index (χ4v) is 7.77. The molecule has 0 saturated carbocycles. The van der Waals surface area contributed by atoms with Gasteiger partial charge in [-0.3, -0.25) is 14.0 Å². The minimum Gasteiger partial charge on any atom is -0.272 e. The SMILES string of the molecule is CCC(C)SP(=O)(NC)N(C)C(=O)c1ccc(S(=O)c2ccccc2)cc1. The second kappa shape index (κ2) is 9.69. The van der Waals surface area contributed by atoms with E-state index in [0.29, 0.717) is 15.4 Å². The van der Waals surface area contributed by atoms with Gasteiger partial charge < -0.3 is 0 Å². The molecule has 146 valence electrons. The Morgan fingerprint density at radius 3 is 2.22 bits per heavy atom. The van der Waals surface area contributed by atoms with Gasteiger partial charge in [0.05, 0.1) is 10.8 Å². The molecule has 0 saturated heterocycles. The summed E-state index contributed by atoms with van der Waals surface area (Å²) in [5.41, 5.74) is 0.409. The van der Waals surface area contributed by atoms with Crippen LogP contribution >= 0.6 is 18.0 Å². The molecule has 0 radical (unpaired) electrons. The van der Waals surface area contributed by atoms with Crippen LogP contribution in [0.15, 0.2) is 64.4 Å². The lowest BCUT2D eigenvalue weighted by Gasteiger charge is -2.28. The third-order valence-corrected chi connectivity index (χ3v) is 11.3. The Morgan fingerprint density at radius 2 is 1.70 bits per heavy atom. The lowest BCUT2D eigenvalue weighted by molar-refractivity contribution is 0.0882. The van der Waals surface area contributed by atoms with E-state index in [1.165, 1.54) is 16.1 Å². The largest absolute Gasteiger partial charge is 0.294 e. The molecule has 1 amide bonds. The molecule has 2 aromatic rings. The molecule has 8 heteroatoms. The van der Waals surface area contributed by atoms with Gasteiger partial charge in [0, 0.05) is 27.7 Å². The fraction of sp³-hybridized carbons (Fsp3) is 0.316. The summed E-state index contributed by atoms with van der Waals surface area (Å²) in [5, 5.41) is 2.98. The average Bonchev–Trinajstić information content (AvgIpc) is 2.72. The van der Waals surface area contributed by atoms with Gasteiger partial charge in [-0.15, -0.1) is 0 Å². The van der Waals surface area contributed by atoms with Crippen molar-refractivity contribution >= 4 is 34.7 Å². The van der Waals surface area contributed by atoms with E-state index in [9.17, 15) is 13.6 Å². The Labute approximate surface area is 167 Å². The van der Waals surface area contributed by atoms with Gasteiger partial charge in [0.15, 0.2) is 0 Å². The zero-order valence-corrected chi connectivity index (χ0v) is 18.4. The lowest BCUT2D eigenvalue weighted by atomic mass is 10.2. The maximum Gasteiger partial charge on any atom is 0.294 e. The van der Waals surface area contributed by atoms with Gasteiger partial charge in [-0.1, -0.05) is 43.4 Å². The molecular formula is C19H25N2O3PS2. The number of nitrogens with one attached hydrogen (secondary N) is 1. The summed E-state index contributed by atoms with van der Waals surface area (Å²) in [6, 6.07) is 15.8. The van der Waals surface area contributed by atoms with Crippen LogP contribution in [0.25, 0.3) is 0 Å². The van der Waals surface area contributed by atoms with Crippen LogP contribution in [-0.2, 0) is 15.4 Å². The first-order valence-electron chi connectivity index (χ1n) is 8.65. The molecule has 2 aromatic carbocycles. The molecule has 0 aromatic heterocycles. The molecule has 0 fully saturated rings. The molecule has 1 N–H and O–H groups in total. The van der Waals surface area contributed by atoms with E-state index in [-0.39, 0.29) is 11.2 Å². The van der Waals surface area contributed by atoms with Gasteiger partial charge >= 0.3 is 0 Å². The zero-order chi connectivity index (χ0) is 20.0. The monoisotopic (exact) mass is 424 g/mol. The molecule has 3 atom stereocenters. The van der Waals surface area contributed by atoms with Gasteiger partial charge in [-0.25, -0.2) is 9.30 Å². The molecule has 0 aliphatic heterocycles. The summed E-state index contributed by atoms with van der Waals surface area (Å²) in [6.45, 7) is 0.932. The first-order valence-corrected chi connectivity index (χ1v) is 12.9. The van der Waals surface area contributed by atoms with Crippen molar-refractivity contribution in [2.75, 3.05) is 14.1 Å². The van der Waals surface area contributed by atoms with E-state index >= 15 is 0 Å². The number of hydrogen-bond acceptors (Lipinski definition) is 4. The summed E-state index contributed by atoms with van der Waals surface area (Å²) in [4.78, 5) is 14.1. The minimum absolute atomic E-state index is 0.161. The second-order valence-corrected chi connectivity index (χ2v) is 12.7. The highest BCUT2D eigenvalue weighted by Gasteiger charge is 2.32. The smallest absolute Gasteiger partial charge is 0.272 e. The molecule has 0 heterocycles. The number of carbonyl (C=O) groups is 1. The highest BCUT2D eigenvalue weighted by Crippen LogP contribution is 2.59. The molecule has 5 nitrogen and oxygen atoms in total. The van der Waals surface area contributed by atoms with E-state index in [2.05, 4.69) is 5.09 Å². The molecule has 3 unspecified atom stereocenters. The van der Waals surface area contributed by atoms with Crippen molar-refractivity contribution in [1.29, 1.82) is 0 Å². The van der Waals surface area contributed by atoms with Crippen molar-refractivity contribution < 1.29 is 13.6 Å². The summed E-state index contributed by atoms with van der Waals surface area (Å²) >= 11 is 1.28.